The minimum absolute atomic E-state index is 1.34. The molecule has 0 spiro atoms. The summed E-state index contributed by atoms with van der Waals surface area (Å²) in [4.78, 5) is 0. The average Bonchev–Trinajstić information content (AvgIpc) is 2.06. The Morgan fingerprint density at radius 1 is 1.17 bits per heavy atom. The van der Waals surface area contributed by atoms with Crippen molar-refractivity contribution in [3.8, 4) is 0 Å². The van der Waals surface area contributed by atoms with Crippen LogP contribution in [0.2, 0.25) is 13.1 Å². The zero-order valence-corrected chi connectivity index (χ0v) is 9.09. The Labute approximate surface area is 75.9 Å². The summed E-state index contributed by atoms with van der Waals surface area (Å²) >= 11 is 0. The molecule has 0 unspecified atom stereocenters. The third-order valence-corrected chi connectivity index (χ3v) is 6.47. The van der Waals surface area contributed by atoms with Gasteiger partial charge in [0.25, 0.3) is 0 Å². The molecule has 0 heterocycles. The number of hydrogen-bond acceptors (Lipinski definition) is 0. The van der Waals surface area contributed by atoms with Crippen molar-refractivity contribution in [3.63, 3.8) is 0 Å². The van der Waals surface area contributed by atoms with Crippen LogP contribution in [-0.4, -0.2) is 8.07 Å². The van der Waals surface area contributed by atoms with Crippen LogP contribution in [0, 0.1) is 0 Å². The van der Waals surface area contributed by atoms with Crippen molar-refractivity contribution >= 4 is 13.3 Å². The SMILES string of the molecule is C=C(C)[Si](C)(C)c1ccccc1. The van der Waals surface area contributed by atoms with Gasteiger partial charge in [0, 0.05) is 0 Å². The molecule has 1 rings (SSSR count). The van der Waals surface area contributed by atoms with Gasteiger partial charge in [-0.1, -0.05) is 53.8 Å². The van der Waals surface area contributed by atoms with Crippen molar-refractivity contribution < 1.29 is 0 Å². The van der Waals surface area contributed by atoms with Gasteiger partial charge in [-0.15, -0.1) is 6.58 Å². The molecule has 1 aromatic rings. The molecule has 0 fully saturated rings. The van der Waals surface area contributed by atoms with E-state index in [4.69, 9.17) is 0 Å². The molecule has 0 aromatic heterocycles. The second-order valence-corrected chi connectivity index (χ2v) is 8.45. The van der Waals surface area contributed by atoms with E-state index in [-0.39, 0.29) is 0 Å². The summed E-state index contributed by atoms with van der Waals surface area (Å²) in [6, 6.07) is 10.7. The summed E-state index contributed by atoms with van der Waals surface area (Å²) in [6.07, 6.45) is 0. The Balaban J connectivity index is 3.06. The van der Waals surface area contributed by atoms with Crippen LogP contribution in [0.1, 0.15) is 6.92 Å². The largest absolute Gasteiger partial charge is 0.106 e. The number of benzene rings is 1. The fraction of sp³-hybridized carbons (Fsp3) is 0.273. The van der Waals surface area contributed by atoms with E-state index in [2.05, 4.69) is 56.9 Å². The first kappa shape index (κ1) is 9.27. The maximum atomic E-state index is 4.06. The van der Waals surface area contributed by atoms with E-state index >= 15 is 0 Å². The van der Waals surface area contributed by atoms with Crippen molar-refractivity contribution in [3.05, 3.63) is 42.1 Å². The summed E-state index contributed by atoms with van der Waals surface area (Å²) in [6.45, 7) is 10.9. The highest BCUT2D eigenvalue weighted by atomic mass is 28.3. The molecule has 1 aromatic carbocycles. The fourth-order valence-corrected chi connectivity index (χ4v) is 2.62. The molecule has 0 N–H and O–H groups in total. The van der Waals surface area contributed by atoms with Gasteiger partial charge < -0.3 is 0 Å². The molecule has 0 saturated carbocycles. The minimum atomic E-state index is -1.35. The zero-order chi connectivity index (χ0) is 9.19. The lowest BCUT2D eigenvalue weighted by atomic mass is 10.4. The van der Waals surface area contributed by atoms with Crippen molar-refractivity contribution in [2.45, 2.75) is 20.0 Å². The lowest BCUT2D eigenvalue weighted by Crippen LogP contribution is -2.42. The quantitative estimate of drug-likeness (QED) is 0.608. The summed E-state index contributed by atoms with van der Waals surface area (Å²) in [7, 11) is -1.35. The van der Waals surface area contributed by atoms with Gasteiger partial charge in [0.15, 0.2) is 0 Å². The summed E-state index contributed by atoms with van der Waals surface area (Å²) in [5.74, 6) is 0. The van der Waals surface area contributed by atoms with Gasteiger partial charge >= 0.3 is 0 Å². The maximum Gasteiger partial charge on any atom is 0.106 e. The molecule has 0 atom stereocenters. The molecule has 0 aliphatic carbocycles. The molecular weight excluding hydrogens is 160 g/mol. The third-order valence-electron chi connectivity index (χ3n) is 2.56. The first-order valence-corrected chi connectivity index (χ1v) is 7.26. The molecule has 0 bridgehead atoms. The van der Waals surface area contributed by atoms with Crippen LogP contribution in [0.4, 0.5) is 0 Å². The monoisotopic (exact) mass is 176 g/mol. The van der Waals surface area contributed by atoms with Crippen LogP contribution in [0.15, 0.2) is 42.1 Å². The molecular formula is C11H16Si. The highest BCUT2D eigenvalue weighted by molar-refractivity contribution is 6.95. The fourth-order valence-electron chi connectivity index (χ4n) is 1.10. The van der Waals surface area contributed by atoms with Crippen molar-refractivity contribution in [1.82, 2.24) is 0 Å². The van der Waals surface area contributed by atoms with Gasteiger partial charge in [0.05, 0.1) is 0 Å². The minimum Gasteiger partial charge on any atom is -0.104 e. The third kappa shape index (κ3) is 1.67. The van der Waals surface area contributed by atoms with E-state index in [1.54, 1.807) is 0 Å². The Morgan fingerprint density at radius 3 is 2.08 bits per heavy atom. The van der Waals surface area contributed by atoms with Gasteiger partial charge in [0.1, 0.15) is 8.07 Å². The molecule has 0 radical (unpaired) electrons. The van der Waals surface area contributed by atoms with Gasteiger partial charge in [-0.05, 0) is 6.92 Å². The van der Waals surface area contributed by atoms with Crippen LogP contribution < -0.4 is 5.19 Å². The predicted octanol–water partition coefficient (Wildman–Crippen LogP) is 2.72. The number of rotatable bonds is 2. The topological polar surface area (TPSA) is 0 Å². The highest BCUT2D eigenvalue weighted by Gasteiger charge is 2.23. The summed E-state index contributed by atoms with van der Waals surface area (Å²) in [5, 5.41) is 2.81. The summed E-state index contributed by atoms with van der Waals surface area (Å²) in [5.41, 5.74) is 0. The predicted molar refractivity (Wildman–Crippen MR) is 58.4 cm³/mol. The van der Waals surface area contributed by atoms with Crippen LogP contribution >= 0.6 is 0 Å². The normalized spacial score (nSPS) is 11.2. The van der Waals surface area contributed by atoms with Crippen molar-refractivity contribution in [2.24, 2.45) is 0 Å². The smallest absolute Gasteiger partial charge is 0.104 e. The second kappa shape index (κ2) is 3.28. The molecule has 1 heteroatoms. The summed E-state index contributed by atoms with van der Waals surface area (Å²) < 4.78 is 0. The van der Waals surface area contributed by atoms with Gasteiger partial charge in [-0.25, -0.2) is 0 Å². The van der Waals surface area contributed by atoms with Crippen molar-refractivity contribution in [2.75, 3.05) is 0 Å². The van der Waals surface area contributed by atoms with E-state index in [0.717, 1.165) is 0 Å². The first-order valence-electron chi connectivity index (χ1n) is 4.26. The molecule has 0 aliphatic rings. The highest BCUT2D eigenvalue weighted by Crippen LogP contribution is 2.11. The van der Waals surface area contributed by atoms with Gasteiger partial charge in [-0.3, -0.25) is 0 Å². The van der Waals surface area contributed by atoms with E-state index in [1.807, 2.05) is 0 Å². The van der Waals surface area contributed by atoms with Gasteiger partial charge in [-0.2, -0.15) is 0 Å². The molecule has 0 amide bonds. The molecule has 64 valence electrons. The Bertz CT molecular complexity index is 272. The standard InChI is InChI=1S/C11H16Si/c1-10(2)12(3,4)11-8-6-5-7-9-11/h5-9H,1H2,2-4H3. The molecule has 0 saturated heterocycles. The Morgan fingerprint density at radius 2 is 1.67 bits per heavy atom. The molecule has 12 heavy (non-hydrogen) atoms. The van der Waals surface area contributed by atoms with E-state index in [1.165, 1.54) is 10.4 Å². The number of hydrogen-bond donors (Lipinski definition) is 0. The zero-order valence-electron chi connectivity index (χ0n) is 8.09. The van der Waals surface area contributed by atoms with E-state index < -0.39 is 8.07 Å². The van der Waals surface area contributed by atoms with Crippen molar-refractivity contribution in [1.29, 1.82) is 0 Å². The first-order chi connectivity index (χ1) is 5.55. The van der Waals surface area contributed by atoms with Crippen LogP contribution in [-0.2, 0) is 0 Å². The van der Waals surface area contributed by atoms with Crippen LogP contribution in [0.5, 0.6) is 0 Å². The Kier molecular flexibility index (Phi) is 2.53. The lowest BCUT2D eigenvalue weighted by Gasteiger charge is -2.22. The van der Waals surface area contributed by atoms with Crippen LogP contribution in [0.25, 0.3) is 0 Å². The number of allylic oxidation sites excluding steroid dienone is 1. The maximum absolute atomic E-state index is 4.06. The average molecular weight is 176 g/mol. The lowest BCUT2D eigenvalue weighted by molar-refractivity contribution is 1.57. The molecule has 0 aliphatic heterocycles. The van der Waals surface area contributed by atoms with E-state index in [0.29, 0.717) is 0 Å². The second-order valence-electron chi connectivity index (χ2n) is 3.77. The Hall–Kier alpha value is -0.823. The van der Waals surface area contributed by atoms with Crippen LogP contribution in [0.3, 0.4) is 0 Å². The van der Waals surface area contributed by atoms with Gasteiger partial charge in [0.2, 0.25) is 0 Å². The molecule has 0 nitrogen and oxygen atoms in total. The van der Waals surface area contributed by atoms with E-state index in [9.17, 15) is 0 Å².